The maximum absolute atomic E-state index is 12.2. The lowest BCUT2D eigenvalue weighted by atomic mass is 10.2. The topological polar surface area (TPSA) is 94.2 Å². The number of carbonyl (C=O) groups excluding carboxylic acids is 1. The highest BCUT2D eigenvalue weighted by Gasteiger charge is 2.14. The van der Waals surface area contributed by atoms with E-state index >= 15 is 0 Å². The zero-order valence-electron chi connectivity index (χ0n) is 17.1. The second kappa shape index (κ2) is 9.04. The molecule has 8 nitrogen and oxygen atoms in total. The van der Waals surface area contributed by atoms with Crippen molar-refractivity contribution in [2.45, 2.75) is 19.3 Å². The fourth-order valence-corrected chi connectivity index (χ4v) is 3.59. The van der Waals surface area contributed by atoms with Crippen molar-refractivity contribution in [2.24, 2.45) is 0 Å². The van der Waals surface area contributed by atoms with E-state index in [4.69, 9.17) is 0 Å². The number of piperazine rings is 1. The zero-order valence-corrected chi connectivity index (χ0v) is 17.1. The van der Waals surface area contributed by atoms with E-state index in [0.29, 0.717) is 41.8 Å². The van der Waals surface area contributed by atoms with E-state index in [1.165, 1.54) is 0 Å². The summed E-state index contributed by atoms with van der Waals surface area (Å²) in [6.45, 7) is 4.04. The molecule has 8 heteroatoms. The number of nitrogens with one attached hydrogen (secondary N) is 2. The lowest BCUT2D eigenvalue weighted by molar-refractivity contribution is -0.116. The number of carbonyl (C=O) groups is 1. The Bertz CT molecular complexity index is 1070. The minimum atomic E-state index is -0.148. The summed E-state index contributed by atoms with van der Waals surface area (Å²) in [5.74, 6) is 1.05. The molecule has 0 radical (unpaired) electrons. The minimum Gasteiger partial charge on any atom is -0.368 e. The van der Waals surface area contributed by atoms with Crippen LogP contribution in [0.15, 0.2) is 47.4 Å². The van der Waals surface area contributed by atoms with Gasteiger partial charge in [0.25, 0.3) is 5.56 Å². The Morgan fingerprint density at radius 1 is 1.13 bits per heavy atom. The van der Waals surface area contributed by atoms with Gasteiger partial charge in [0.15, 0.2) is 0 Å². The summed E-state index contributed by atoms with van der Waals surface area (Å²) in [6.07, 6.45) is 3.26. The summed E-state index contributed by atoms with van der Waals surface area (Å²) in [5.41, 5.74) is 1.60. The molecule has 0 bridgehead atoms. The molecular weight excluding hydrogens is 380 g/mol. The predicted octanol–water partition coefficient (Wildman–Crippen LogP) is 2.03. The maximum atomic E-state index is 12.2. The van der Waals surface area contributed by atoms with E-state index < -0.39 is 0 Å². The van der Waals surface area contributed by atoms with Gasteiger partial charge in [-0.25, -0.2) is 9.97 Å². The van der Waals surface area contributed by atoms with Crippen molar-refractivity contribution in [1.82, 2.24) is 19.9 Å². The first-order valence-electron chi connectivity index (χ1n) is 10.3. The molecule has 0 atom stereocenters. The molecule has 1 aliphatic rings. The second-order valence-corrected chi connectivity index (χ2v) is 7.62. The number of H-pyrrole nitrogens is 1. The number of amides is 1. The van der Waals surface area contributed by atoms with Gasteiger partial charge in [0, 0.05) is 39.0 Å². The third-order valence-electron chi connectivity index (χ3n) is 5.36. The number of aryl methyl sites for hydroxylation is 1. The van der Waals surface area contributed by atoms with Crippen LogP contribution in [0, 0.1) is 0 Å². The molecule has 0 spiro atoms. The van der Waals surface area contributed by atoms with Crippen molar-refractivity contribution in [1.29, 1.82) is 0 Å². The molecule has 1 saturated heterocycles. The van der Waals surface area contributed by atoms with E-state index in [1.807, 2.05) is 36.5 Å². The summed E-state index contributed by atoms with van der Waals surface area (Å²) in [5, 5.41) is 3.41. The van der Waals surface area contributed by atoms with Crippen molar-refractivity contribution in [3.63, 3.8) is 0 Å². The van der Waals surface area contributed by atoms with Crippen LogP contribution in [-0.4, -0.2) is 59.0 Å². The second-order valence-electron chi connectivity index (χ2n) is 7.62. The number of para-hydroxylation sites is 1. The number of hydrogen-bond acceptors (Lipinski definition) is 6. The van der Waals surface area contributed by atoms with E-state index in [9.17, 15) is 9.59 Å². The Balaban J connectivity index is 1.27. The molecule has 3 aromatic rings. The molecular formula is C22H26N6O2. The molecule has 0 unspecified atom stereocenters. The van der Waals surface area contributed by atoms with Gasteiger partial charge in [-0.2, -0.15) is 0 Å². The molecule has 1 fully saturated rings. The minimum absolute atomic E-state index is 0.0991. The third-order valence-corrected chi connectivity index (χ3v) is 5.36. The molecule has 1 aromatic carbocycles. The first-order valence-corrected chi connectivity index (χ1v) is 10.3. The smallest absolute Gasteiger partial charge is 0.258 e. The number of nitrogens with zero attached hydrogens (tertiary/aromatic N) is 4. The van der Waals surface area contributed by atoms with Crippen LogP contribution in [-0.2, 0) is 11.2 Å². The molecule has 156 valence electrons. The number of likely N-dealkylation sites (N-methyl/N-ethyl adjacent to an activating group) is 1. The standard InChI is InChI=1S/C22H26N6O2/c1-27-11-13-28(14-12-27)16-9-10-19(23-15-16)25-21(29)8-4-7-20-24-18-6-3-2-5-17(18)22(30)26-20/h2-3,5-6,9-10,15H,4,7-8,11-14H2,1H3,(H,23,25,29)(H,24,26,30). The van der Waals surface area contributed by atoms with Crippen molar-refractivity contribution in [2.75, 3.05) is 43.4 Å². The summed E-state index contributed by atoms with van der Waals surface area (Å²) in [6, 6.07) is 11.1. The van der Waals surface area contributed by atoms with Crippen LogP contribution in [0.2, 0.25) is 0 Å². The predicted molar refractivity (Wildman–Crippen MR) is 118 cm³/mol. The SMILES string of the molecule is CN1CCN(c2ccc(NC(=O)CCCc3nc4ccccc4c(=O)[nH]3)nc2)CC1. The average Bonchev–Trinajstić information content (AvgIpc) is 2.75. The molecule has 30 heavy (non-hydrogen) atoms. The number of aromatic amines is 1. The van der Waals surface area contributed by atoms with Gasteiger partial charge >= 0.3 is 0 Å². The zero-order chi connectivity index (χ0) is 20.9. The molecule has 3 heterocycles. The summed E-state index contributed by atoms with van der Waals surface area (Å²) < 4.78 is 0. The molecule has 2 N–H and O–H groups in total. The molecule has 4 rings (SSSR count). The number of benzene rings is 1. The van der Waals surface area contributed by atoms with E-state index in [0.717, 1.165) is 31.9 Å². The van der Waals surface area contributed by atoms with Gasteiger partial charge in [-0.3, -0.25) is 9.59 Å². The van der Waals surface area contributed by atoms with Crippen molar-refractivity contribution in [3.8, 4) is 0 Å². The lowest BCUT2D eigenvalue weighted by Crippen LogP contribution is -2.44. The van der Waals surface area contributed by atoms with Crippen LogP contribution in [0.3, 0.4) is 0 Å². The normalized spacial score (nSPS) is 14.8. The summed E-state index contributed by atoms with van der Waals surface area (Å²) >= 11 is 0. The highest BCUT2D eigenvalue weighted by atomic mass is 16.1. The van der Waals surface area contributed by atoms with E-state index in [-0.39, 0.29) is 11.5 Å². The van der Waals surface area contributed by atoms with Crippen molar-refractivity contribution >= 4 is 28.3 Å². The number of fused-ring (bicyclic) bond motifs is 1. The molecule has 1 aliphatic heterocycles. The van der Waals surface area contributed by atoms with Crippen LogP contribution >= 0.6 is 0 Å². The molecule has 1 amide bonds. The van der Waals surface area contributed by atoms with Crippen LogP contribution in [0.1, 0.15) is 18.7 Å². The fourth-order valence-electron chi connectivity index (χ4n) is 3.59. The number of anilines is 2. The molecule has 0 aliphatic carbocycles. The number of rotatable bonds is 6. The van der Waals surface area contributed by atoms with Gasteiger partial charge < -0.3 is 20.1 Å². The van der Waals surface area contributed by atoms with E-state index in [2.05, 4.69) is 37.1 Å². The van der Waals surface area contributed by atoms with Gasteiger partial charge in [-0.15, -0.1) is 0 Å². The van der Waals surface area contributed by atoms with Gasteiger partial charge in [-0.1, -0.05) is 12.1 Å². The Labute approximate surface area is 175 Å². The lowest BCUT2D eigenvalue weighted by Gasteiger charge is -2.33. The summed E-state index contributed by atoms with van der Waals surface area (Å²) in [7, 11) is 2.13. The fraction of sp³-hybridized carbons (Fsp3) is 0.364. The number of aromatic nitrogens is 3. The Morgan fingerprint density at radius 3 is 2.70 bits per heavy atom. The summed E-state index contributed by atoms with van der Waals surface area (Å²) in [4.78, 5) is 40.6. The maximum Gasteiger partial charge on any atom is 0.258 e. The van der Waals surface area contributed by atoms with Gasteiger partial charge in [0.1, 0.15) is 11.6 Å². The Hall–Kier alpha value is -3.26. The monoisotopic (exact) mass is 406 g/mol. The number of hydrogen-bond donors (Lipinski definition) is 2. The Kier molecular flexibility index (Phi) is 6.04. The molecule has 2 aromatic heterocycles. The van der Waals surface area contributed by atoms with Gasteiger partial charge in [-0.05, 0) is 37.7 Å². The van der Waals surface area contributed by atoms with Crippen LogP contribution in [0.5, 0.6) is 0 Å². The van der Waals surface area contributed by atoms with Crippen LogP contribution < -0.4 is 15.8 Å². The van der Waals surface area contributed by atoms with E-state index in [1.54, 1.807) is 6.07 Å². The average molecular weight is 406 g/mol. The molecule has 0 saturated carbocycles. The van der Waals surface area contributed by atoms with Crippen LogP contribution in [0.4, 0.5) is 11.5 Å². The quantitative estimate of drug-likeness (QED) is 0.651. The highest BCUT2D eigenvalue weighted by Crippen LogP contribution is 2.17. The highest BCUT2D eigenvalue weighted by molar-refractivity contribution is 5.89. The van der Waals surface area contributed by atoms with Crippen molar-refractivity contribution in [3.05, 3.63) is 58.8 Å². The first-order chi connectivity index (χ1) is 14.6. The first kappa shape index (κ1) is 20.0. The Morgan fingerprint density at radius 2 is 1.93 bits per heavy atom. The van der Waals surface area contributed by atoms with Crippen LogP contribution in [0.25, 0.3) is 10.9 Å². The third kappa shape index (κ3) is 4.83. The van der Waals surface area contributed by atoms with Gasteiger partial charge in [0.05, 0.1) is 22.8 Å². The van der Waals surface area contributed by atoms with Crippen molar-refractivity contribution < 1.29 is 4.79 Å². The van der Waals surface area contributed by atoms with Gasteiger partial charge in [0.2, 0.25) is 5.91 Å². The number of pyridine rings is 1. The largest absolute Gasteiger partial charge is 0.368 e.